The van der Waals surface area contributed by atoms with Gasteiger partial charge in [-0.2, -0.15) is 4.98 Å². The average Bonchev–Trinajstić information content (AvgIpc) is 3.12. The molecule has 1 aromatic heterocycles. The van der Waals surface area contributed by atoms with Gasteiger partial charge >= 0.3 is 6.16 Å². The highest BCUT2D eigenvalue weighted by molar-refractivity contribution is 7.92. The third-order valence-electron chi connectivity index (χ3n) is 7.04. The lowest BCUT2D eigenvalue weighted by atomic mass is 9.87. The number of nitrogens with one attached hydrogen (secondary N) is 1. The molecular formula is C35H44N6O11S. The summed E-state index contributed by atoms with van der Waals surface area (Å²) in [6.07, 6.45) is 5.84. The Kier molecular flexibility index (Phi) is 16.4. The van der Waals surface area contributed by atoms with Gasteiger partial charge in [-0.1, -0.05) is 51.5 Å². The van der Waals surface area contributed by atoms with E-state index in [1.54, 1.807) is 42.5 Å². The summed E-state index contributed by atoms with van der Waals surface area (Å²) in [5.41, 5.74) is 0.746. The maximum atomic E-state index is 13.7. The number of hydrogen-bond donors (Lipinski definition) is 1. The van der Waals surface area contributed by atoms with E-state index in [2.05, 4.69) is 36.2 Å². The Bertz CT molecular complexity index is 1830. The van der Waals surface area contributed by atoms with Crippen molar-refractivity contribution in [3.63, 3.8) is 0 Å². The first-order chi connectivity index (χ1) is 25.3. The zero-order valence-electron chi connectivity index (χ0n) is 30.1. The van der Waals surface area contributed by atoms with Crippen molar-refractivity contribution in [2.45, 2.75) is 63.3 Å². The van der Waals surface area contributed by atoms with Gasteiger partial charge in [0.15, 0.2) is 23.1 Å². The van der Waals surface area contributed by atoms with E-state index in [0.717, 1.165) is 5.56 Å². The lowest BCUT2D eigenvalue weighted by Gasteiger charge is -2.20. The van der Waals surface area contributed by atoms with Crippen molar-refractivity contribution in [2.75, 3.05) is 38.3 Å². The number of carbonyl (C=O) groups is 1. The summed E-state index contributed by atoms with van der Waals surface area (Å²) in [6.45, 7) is 8.93. The second-order valence-corrected chi connectivity index (χ2v) is 13.7. The van der Waals surface area contributed by atoms with Crippen LogP contribution in [0, 0.1) is 10.1 Å². The molecule has 0 aliphatic carbocycles. The summed E-state index contributed by atoms with van der Waals surface area (Å²) in [5.74, 6) is -0.0276. The molecule has 0 aliphatic rings. The Hall–Kier alpha value is -5.78. The number of aromatic nitrogens is 2. The maximum Gasteiger partial charge on any atom is 0.508 e. The minimum atomic E-state index is -4.23. The van der Waals surface area contributed by atoms with E-state index in [4.69, 9.17) is 23.7 Å². The monoisotopic (exact) mass is 756 g/mol. The Morgan fingerprint density at radius 3 is 2.30 bits per heavy atom. The van der Waals surface area contributed by atoms with Crippen molar-refractivity contribution in [1.82, 2.24) is 9.97 Å². The first kappa shape index (κ1) is 41.6. The summed E-state index contributed by atoms with van der Waals surface area (Å²) in [4.78, 5) is 43.3. The number of para-hydroxylation sites is 2. The normalized spacial score (nSPS) is 11.6. The SMILES string of the molecule is C=N/C=C\C=NCc1nc(NS(=O)(=O)c2ccc(C(C)(C)C)cc2)c(Oc2ccccc2OC)c(OCCOC(=O)OCCCCCCO[N+](=O)[O-])n1. The smallest absolute Gasteiger partial charge is 0.493 e. The molecule has 0 unspecified atom stereocenters. The number of ether oxygens (including phenoxy) is 5. The minimum Gasteiger partial charge on any atom is -0.493 e. The van der Waals surface area contributed by atoms with E-state index >= 15 is 0 Å². The molecule has 2 aromatic carbocycles. The molecule has 0 bridgehead atoms. The number of allylic oxidation sites excluding steroid dienone is 1. The number of unbranched alkanes of at least 4 members (excludes halogenated alkanes) is 3. The van der Waals surface area contributed by atoms with Crippen LogP contribution in [0.1, 0.15) is 57.8 Å². The molecule has 17 nitrogen and oxygen atoms in total. The van der Waals surface area contributed by atoms with E-state index < -0.39 is 21.3 Å². The number of rotatable bonds is 22. The number of hydrogen-bond acceptors (Lipinski definition) is 15. The highest BCUT2D eigenvalue weighted by Crippen LogP contribution is 2.40. The first-order valence-electron chi connectivity index (χ1n) is 16.5. The van der Waals surface area contributed by atoms with E-state index in [-0.39, 0.29) is 72.3 Å². The highest BCUT2D eigenvalue weighted by Gasteiger charge is 2.25. The van der Waals surface area contributed by atoms with Crippen molar-refractivity contribution in [3.05, 3.63) is 82.3 Å². The number of anilines is 1. The molecule has 1 heterocycles. The van der Waals surface area contributed by atoms with Crippen LogP contribution < -0.4 is 18.9 Å². The van der Waals surface area contributed by atoms with Gasteiger partial charge in [0.2, 0.25) is 5.75 Å². The van der Waals surface area contributed by atoms with Crippen LogP contribution in [0.5, 0.6) is 23.1 Å². The van der Waals surface area contributed by atoms with Crippen LogP contribution in [-0.4, -0.2) is 76.1 Å². The van der Waals surface area contributed by atoms with Gasteiger partial charge in [0.25, 0.3) is 21.0 Å². The van der Waals surface area contributed by atoms with Gasteiger partial charge in [0.1, 0.15) is 13.2 Å². The fourth-order valence-electron chi connectivity index (χ4n) is 4.39. The largest absolute Gasteiger partial charge is 0.508 e. The molecule has 53 heavy (non-hydrogen) atoms. The standard InChI is InChI=1S/C35H44N6O11S/c1-35(2,3)26-15-17-27(18-16-26)53(45,46)40-32-31(52-29-14-9-8-13-28(29)47-5)33(39-30(38-32)25-37-20-12-19-36-4)48-23-24-50-34(42)49-21-10-6-7-11-22-51-41(43)44/h8-9,12-20H,4,6-7,10-11,21-25H2,1-3,5H3,(H,38,39,40)/b19-12-,37-20?. The van der Waals surface area contributed by atoms with Crippen molar-refractivity contribution in [2.24, 2.45) is 9.98 Å². The lowest BCUT2D eigenvalue weighted by molar-refractivity contribution is -0.757. The van der Waals surface area contributed by atoms with Gasteiger partial charge in [0, 0.05) is 12.4 Å². The molecule has 0 spiro atoms. The Morgan fingerprint density at radius 2 is 1.64 bits per heavy atom. The third-order valence-corrected chi connectivity index (χ3v) is 8.39. The summed E-state index contributed by atoms with van der Waals surface area (Å²) < 4.78 is 57.7. The lowest BCUT2D eigenvalue weighted by Crippen LogP contribution is -2.18. The molecule has 3 rings (SSSR count). The molecule has 18 heteroatoms. The zero-order valence-corrected chi connectivity index (χ0v) is 30.9. The second-order valence-electron chi connectivity index (χ2n) is 12.0. The van der Waals surface area contributed by atoms with Gasteiger partial charge in [-0.15, -0.1) is 10.1 Å². The first-order valence-corrected chi connectivity index (χ1v) is 18.0. The predicted molar refractivity (Wildman–Crippen MR) is 196 cm³/mol. The number of sulfonamides is 1. The van der Waals surface area contributed by atoms with Crippen LogP contribution in [0.4, 0.5) is 10.6 Å². The van der Waals surface area contributed by atoms with Gasteiger partial charge in [-0.25, -0.2) is 18.2 Å². The van der Waals surface area contributed by atoms with Gasteiger partial charge in [-0.3, -0.25) is 14.7 Å². The van der Waals surface area contributed by atoms with Crippen LogP contribution in [0.2, 0.25) is 0 Å². The Balaban J connectivity index is 1.85. The highest BCUT2D eigenvalue weighted by atomic mass is 32.2. The van der Waals surface area contributed by atoms with Crippen molar-refractivity contribution >= 4 is 34.9 Å². The predicted octanol–water partition coefficient (Wildman–Crippen LogP) is 6.46. The quantitative estimate of drug-likeness (QED) is 0.0384. The molecule has 0 fully saturated rings. The number of carbonyl (C=O) groups excluding carboxylic acids is 1. The van der Waals surface area contributed by atoms with Crippen LogP contribution in [-0.2, 0) is 36.3 Å². The van der Waals surface area contributed by atoms with Crippen molar-refractivity contribution in [3.8, 4) is 23.1 Å². The summed E-state index contributed by atoms with van der Waals surface area (Å²) in [6, 6.07) is 13.1. The minimum absolute atomic E-state index is 0.00615. The molecular weight excluding hydrogens is 712 g/mol. The molecule has 1 N–H and O–H groups in total. The summed E-state index contributed by atoms with van der Waals surface area (Å²) in [7, 11) is -2.78. The van der Waals surface area contributed by atoms with Crippen molar-refractivity contribution < 1.29 is 46.8 Å². The van der Waals surface area contributed by atoms with Gasteiger partial charge < -0.3 is 28.5 Å². The van der Waals surface area contributed by atoms with Gasteiger partial charge in [0.05, 0.1) is 31.8 Å². The summed E-state index contributed by atoms with van der Waals surface area (Å²) in [5, 5.41) is 9.35. The fourth-order valence-corrected chi connectivity index (χ4v) is 5.39. The molecule has 286 valence electrons. The average molecular weight is 757 g/mol. The van der Waals surface area contributed by atoms with Crippen LogP contribution >= 0.6 is 0 Å². The third kappa shape index (κ3) is 14.4. The van der Waals surface area contributed by atoms with Crippen LogP contribution in [0.25, 0.3) is 0 Å². The van der Waals surface area contributed by atoms with Crippen molar-refractivity contribution in [1.29, 1.82) is 0 Å². The number of benzene rings is 2. The van der Waals surface area contributed by atoms with E-state index in [0.29, 0.717) is 31.4 Å². The molecule has 0 saturated carbocycles. The fraction of sp³-hybridized carbons (Fsp3) is 0.400. The molecule has 0 atom stereocenters. The molecule has 0 aliphatic heterocycles. The van der Waals surface area contributed by atoms with E-state index in [1.807, 2.05) is 20.8 Å². The Labute approximate surface area is 308 Å². The molecule has 0 radical (unpaired) electrons. The molecule has 0 amide bonds. The summed E-state index contributed by atoms with van der Waals surface area (Å²) >= 11 is 0. The zero-order chi connectivity index (χ0) is 38.7. The van der Waals surface area contributed by atoms with E-state index in [9.17, 15) is 23.3 Å². The second kappa shape index (κ2) is 20.9. The number of methoxy groups -OCH3 is 1. The number of aliphatic imine (C=N–C) groups is 2. The molecule has 3 aromatic rings. The molecule has 0 saturated heterocycles. The number of nitrogens with zero attached hydrogens (tertiary/aromatic N) is 5. The Morgan fingerprint density at radius 1 is 0.962 bits per heavy atom. The van der Waals surface area contributed by atoms with E-state index in [1.165, 1.54) is 31.7 Å². The van der Waals surface area contributed by atoms with Crippen LogP contribution in [0.15, 0.2) is 75.7 Å². The van der Waals surface area contributed by atoms with Gasteiger partial charge in [-0.05, 0) is 67.3 Å². The van der Waals surface area contributed by atoms with Crippen LogP contribution in [0.3, 0.4) is 0 Å². The maximum absolute atomic E-state index is 13.7. The topological polar surface area (TPSA) is 212 Å².